The highest BCUT2D eigenvalue weighted by molar-refractivity contribution is 14.1. The SMILES string of the molecule is Ic1c2ccccc2c(-c2ccc(-c3ccccc3)c3ccccc23)c2ccccc12. The first-order valence-electron chi connectivity index (χ1n) is 10.5. The van der Waals surface area contributed by atoms with Crippen LogP contribution in [-0.4, -0.2) is 0 Å². The fraction of sp³-hybridized carbons (Fsp3) is 0. The fourth-order valence-corrected chi connectivity index (χ4v) is 5.69. The van der Waals surface area contributed by atoms with E-state index in [1.165, 1.54) is 58.1 Å². The van der Waals surface area contributed by atoms with Gasteiger partial charge < -0.3 is 0 Å². The lowest BCUT2D eigenvalue weighted by atomic mass is 9.87. The molecule has 0 aliphatic rings. The van der Waals surface area contributed by atoms with Crippen LogP contribution in [0.5, 0.6) is 0 Å². The van der Waals surface area contributed by atoms with Crippen molar-refractivity contribution >= 4 is 54.9 Å². The van der Waals surface area contributed by atoms with E-state index >= 15 is 0 Å². The highest BCUT2D eigenvalue weighted by Crippen LogP contribution is 2.43. The van der Waals surface area contributed by atoms with Crippen LogP contribution in [0, 0.1) is 3.57 Å². The van der Waals surface area contributed by atoms with Gasteiger partial charge in [-0.3, -0.25) is 0 Å². The van der Waals surface area contributed by atoms with Crippen LogP contribution in [0.4, 0.5) is 0 Å². The van der Waals surface area contributed by atoms with Crippen molar-refractivity contribution in [1.82, 2.24) is 0 Å². The van der Waals surface area contributed by atoms with E-state index in [1.54, 1.807) is 0 Å². The van der Waals surface area contributed by atoms with Crippen molar-refractivity contribution in [2.24, 2.45) is 0 Å². The Balaban J connectivity index is 1.77. The van der Waals surface area contributed by atoms with Crippen molar-refractivity contribution in [3.05, 3.63) is 119 Å². The summed E-state index contributed by atoms with van der Waals surface area (Å²) in [5.41, 5.74) is 5.14. The summed E-state index contributed by atoms with van der Waals surface area (Å²) in [5.74, 6) is 0. The maximum absolute atomic E-state index is 2.50. The second-order valence-electron chi connectivity index (χ2n) is 7.85. The minimum atomic E-state index is 1.25. The molecule has 31 heavy (non-hydrogen) atoms. The quantitative estimate of drug-likeness (QED) is 0.162. The largest absolute Gasteiger partial charge is 0.0622 e. The summed E-state index contributed by atoms with van der Waals surface area (Å²) >= 11 is 2.50. The molecule has 0 atom stereocenters. The summed E-state index contributed by atoms with van der Waals surface area (Å²) in [5, 5.41) is 7.82. The normalized spacial score (nSPS) is 11.4. The van der Waals surface area contributed by atoms with E-state index in [0.29, 0.717) is 0 Å². The number of benzene rings is 6. The maximum Gasteiger partial charge on any atom is 0.0287 e. The highest BCUT2D eigenvalue weighted by atomic mass is 127. The van der Waals surface area contributed by atoms with Crippen LogP contribution in [-0.2, 0) is 0 Å². The van der Waals surface area contributed by atoms with Gasteiger partial charge in [0.05, 0.1) is 0 Å². The summed E-state index contributed by atoms with van der Waals surface area (Å²) in [6, 6.07) is 41.7. The minimum absolute atomic E-state index is 1.25. The van der Waals surface area contributed by atoms with E-state index in [1.807, 2.05) is 0 Å². The van der Waals surface area contributed by atoms with Crippen LogP contribution in [0.15, 0.2) is 115 Å². The van der Waals surface area contributed by atoms with Crippen LogP contribution in [0.3, 0.4) is 0 Å². The lowest BCUT2D eigenvalue weighted by Gasteiger charge is -2.17. The molecule has 0 nitrogen and oxygen atoms in total. The van der Waals surface area contributed by atoms with Gasteiger partial charge in [0.15, 0.2) is 0 Å². The zero-order valence-corrected chi connectivity index (χ0v) is 19.0. The number of hydrogen-bond acceptors (Lipinski definition) is 0. The molecule has 0 fully saturated rings. The molecule has 6 aromatic rings. The van der Waals surface area contributed by atoms with E-state index in [4.69, 9.17) is 0 Å². The Bertz CT molecular complexity index is 1520. The predicted molar refractivity (Wildman–Crippen MR) is 143 cm³/mol. The fourth-order valence-electron chi connectivity index (χ4n) is 4.75. The van der Waals surface area contributed by atoms with Crippen LogP contribution in [0.1, 0.15) is 0 Å². The average Bonchev–Trinajstić information content (AvgIpc) is 2.85. The third kappa shape index (κ3) is 2.95. The van der Waals surface area contributed by atoms with Gasteiger partial charge in [0.1, 0.15) is 0 Å². The molecule has 0 bridgehead atoms. The van der Waals surface area contributed by atoms with Crippen LogP contribution in [0.25, 0.3) is 54.6 Å². The summed E-state index contributed by atoms with van der Waals surface area (Å²) in [6.07, 6.45) is 0. The van der Waals surface area contributed by atoms with Crippen LogP contribution in [0.2, 0.25) is 0 Å². The molecule has 0 unspecified atom stereocenters. The molecule has 0 aliphatic carbocycles. The molecule has 1 heteroatoms. The van der Waals surface area contributed by atoms with Gasteiger partial charge in [-0.2, -0.15) is 0 Å². The molecule has 0 saturated heterocycles. The van der Waals surface area contributed by atoms with Crippen molar-refractivity contribution in [3.8, 4) is 22.3 Å². The molecular formula is C30H19I. The van der Waals surface area contributed by atoms with Crippen LogP contribution >= 0.6 is 22.6 Å². The van der Waals surface area contributed by atoms with Crippen molar-refractivity contribution in [1.29, 1.82) is 0 Å². The second kappa shape index (κ2) is 7.51. The van der Waals surface area contributed by atoms with Gasteiger partial charge in [0.2, 0.25) is 0 Å². The standard InChI is InChI=1S/C30H19I/c31-30-27-16-8-6-14-24(27)29(25-15-7-9-17-28(25)30)26-19-18-21(20-10-2-1-3-11-20)22-12-4-5-13-23(22)26/h1-19H. The van der Waals surface area contributed by atoms with E-state index in [-0.39, 0.29) is 0 Å². The lowest BCUT2D eigenvalue weighted by Crippen LogP contribution is -1.91. The zero-order chi connectivity index (χ0) is 20.8. The monoisotopic (exact) mass is 506 g/mol. The van der Waals surface area contributed by atoms with Crippen molar-refractivity contribution in [2.75, 3.05) is 0 Å². The zero-order valence-electron chi connectivity index (χ0n) is 16.8. The number of rotatable bonds is 2. The number of fused-ring (bicyclic) bond motifs is 3. The topological polar surface area (TPSA) is 0 Å². The highest BCUT2D eigenvalue weighted by Gasteiger charge is 2.16. The van der Waals surface area contributed by atoms with Gasteiger partial charge in [-0.15, -0.1) is 0 Å². The van der Waals surface area contributed by atoms with Crippen molar-refractivity contribution in [2.45, 2.75) is 0 Å². The molecule has 0 saturated carbocycles. The minimum Gasteiger partial charge on any atom is -0.0622 e. The summed E-state index contributed by atoms with van der Waals surface area (Å²) in [6.45, 7) is 0. The molecule has 0 aliphatic heterocycles. The Hall–Kier alpha value is -3.17. The Kier molecular flexibility index (Phi) is 4.50. The third-order valence-corrected chi connectivity index (χ3v) is 7.31. The van der Waals surface area contributed by atoms with Crippen molar-refractivity contribution in [3.63, 3.8) is 0 Å². The maximum atomic E-state index is 2.50. The van der Waals surface area contributed by atoms with E-state index in [2.05, 4.69) is 138 Å². The predicted octanol–water partition coefficient (Wildman–Crippen LogP) is 9.08. The van der Waals surface area contributed by atoms with Gasteiger partial charge in [-0.25, -0.2) is 0 Å². The van der Waals surface area contributed by atoms with Gasteiger partial charge in [0.25, 0.3) is 0 Å². The molecule has 6 rings (SSSR count). The molecule has 0 amide bonds. The Morgan fingerprint density at radius 2 is 0.774 bits per heavy atom. The molecule has 146 valence electrons. The Morgan fingerprint density at radius 1 is 0.355 bits per heavy atom. The molecule has 0 heterocycles. The van der Waals surface area contributed by atoms with Crippen LogP contribution < -0.4 is 0 Å². The first kappa shape index (κ1) is 18.6. The van der Waals surface area contributed by atoms with E-state index < -0.39 is 0 Å². The van der Waals surface area contributed by atoms with E-state index in [9.17, 15) is 0 Å². The third-order valence-electron chi connectivity index (χ3n) is 6.14. The molecule has 0 N–H and O–H groups in total. The summed E-state index contributed by atoms with van der Waals surface area (Å²) in [7, 11) is 0. The van der Waals surface area contributed by atoms with Crippen molar-refractivity contribution < 1.29 is 0 Å². The van der Waals surface area contributed by atoms with Gasteiger partial charge >= 0.3 is 0 Å². The van der Waals surface area contributed by atoms with E-state index in [0.717, 1.165) is 0 Å². The molecule has 0 aromatic heterocycles. The Labute approximate surface area is 195 Å². The Morgan fingerprint density at radius 3 is 1.35 bits per heavy atom. The average molecular weight is 506 g/mol. The van der Waals surface area contributed by atoms with Gasteiger partial charge in [0, 0.05) is 3.57 Å². The van der Waals surface area contributed by atoms with Gasteiger partial charge in [-0.1, -0.05) is 115 Å². The lowest BCUT2D eigenvalue weighted by molar-refractivity contribution is 1.64. The molecule has 0 radical (unpaired) electrons. The molecule has 0 spiro atoms. The number of hydrogen-bond donors (Lipinski definition) is 0. The molecular weight excluding hydrogens is 487 g/mol. The first-order valence-corrected chi connectivity index (χ1v) is 11.6. The number of halogens is 1. The molecule has 6 aromatic carbocycles. The second-order valence-corrected chi connectivity index (χ2v) is 8.93. The summed E-state index contributed by atoms with van der Waals surface area (Å²) < 4.78 is 1.32. The smallest absolute Gasteiger partial charge is 0.0287 e. The first-order chi connectivity index (χ1) is 15.3. The summed E-state index contributed by atoms with van der Waals surface area (Å²) in [4.78, 5) is 0. The van der Waals surface area contributed by atoms with Gasteiger partial charge in [-0.05, 0) is 77.2 Å².